The van der Waals surface area contributed by atoms with Gasteiger partial charge in [-0.05, 0) is 38.5 Å². The average Bonchev–Trinajstić information content (AvgIpc) is 2.22. The van der Waals surface area contributed by atoms with Crippen molar-refractivity contribution < 1.29 is 14.6 Å². The van der Waals surface area contributed by atoms with Crippen molar-refractivity contribution in [3.05, 3.63) is 33.9 Å². The van der Waals surface area contributed by atoms with Crippen molar-refractivity contribution in [1.29, 1.82) is 0 Å². The Kier molecular flexibility index (Phi) is 4.18. The molecule has 1 N–H and O–H groups in total. The highest BCUT2D eigenvalue weighted by Gasteiger charge is 2.18. The largest absolute Gasteiger partial charge is 0.496 e. The zero-order valence-corrected chi connectivity index (χ0v) is 11.1. The summed E-state index contributed by atoms with van der Waals surface area (Å²) in [6.45, 7) is 5.34. The number of aryl methyl sites for hydroxylation is 1. The average molecular weight is 255 g/mol. The predicted molar refractivity (Wildman–Crippen MR) is 68.6 cm³/mol. The van der Waals surface area contributed by atoms with Crippen LogP contribution in [-0.4, -0.2) is 18.2 Å². The maximum atomic E-state index is 11.2. The molecule has 0 aliphatic heterocycles. The van der Waals surface area contributed by atoms with Crippen LogP contribution in [0.2, 0.25) is 5.02 Å². The number of carbonyl (C=O) groups is 1. The number of hydrogen-bond donors (Lipinski definition) is 1. The van der Waals surface area contributed by atoms with Gasteiger partial charge in [0.1, 0.15) is 5.75 Å². The first-order chi connectivity index (χ1) is 7.88. The molecule has 0 unspecified atom stereocenters. The Labute approximate surface area is 106 Å². The van der Waals surface area contributed by atoms with E-state index < -0.39 is 5.97 Å². The van der Waals surface area contributed by atoms with Gasteiger partial charge in [-0.2, -0.15) is 0 Å². The molecule has 3 nitrogen and oxygen atoms in total. The fourth-order valence-corrected chi connectivity index (χ4v) is 1.78. The smallest absolute Gasteiger partial charge is 0.336 e. The molecule has 0 amide bonds. The van der Waals surface area contributed by atoms with Crippen LogP contribution in [0.25, 0.3) is 5.57 Å². The summed E-state index contributed by atoms with van der Waals surface area (Å²) < 4.78 is 5.21. The molecule has 92 valence electrons. The van der Waals surface area contributed by atoms with E-state index in [1.54, 1.807) is 26.0 Å². The molecule has 0 aliphatic rings. The summed E-state index contributed by atoms with van der Waals surface area (Å²) in [5.41, 5.74) is 2.29. The highest BCUT2D eigenvalue weighted by atomic mass is 35.5. The normalized spacial score (nSPS) is 9.94. The van der Waals surface area contributed by atoms with Crippen LogP contribution in [-0.2, 0) is 4.79 Å². The lowest BCUT2D eigenvalue weighted by Crippen LogP contribution is -2.04. The first-order valence-corrected chi connectivity index (χ1v) is 5.51. The molecule has 0 spiro atoms. The van der Waals surface area contributed by atoms with Crippen LogP contribution in [0, 0.1) is 6.92 Å². The van der Waals surface area contributed by atoms with Crippen LogP contribution < -0.4 is 4.74 Å². The minimum absolute atomic E-state index is 0.226. The molecule has 0 fully saturated rings. The van der Waals surface area contributed by atoms with Crippen molar-refractivity contribution in [3.63, 3.8) is 0 Å². The second-order valence-corrected chi connectivity index (χ2v) is 4.39. The van der Waals surface area contributed by atoms with E-state index in [-0.39, 0.29) is 5.57 Å². The second kappa shape index (κ2) is 5.23. The van der Waals surface area contributed by atoms with Gasteiger partial charge in [-0.15, -0.1) is 0 Å². The summed E-state index contributed by atoms with van der Waals surface area (Å²) in [5, 5.41) is 9.75. The lowest BCUT2D eigenvalue weighted by molar-refractivity contribution is -0.130. The van der Waals surface area contributed by atoms with E-state index >= 15 is 0 Å². The number of ether oxygens (including phenoxy) is 1. The van der Waals surface area contributed by atoms with E-state index in [0.29, 0.717) is 21.9 Å². The molecular formula is C13H15ClO3. The van der Waals surface area contributed by atoms with Crippen LogP contribution in [0.5, 0.6) is 5.75 Å². The lowest BCUT2D eigenvalue weighted by atomic mass is 9.99. The number of benzene rings is 1. The molecular weight excluding hydrogens is 240 g/mol. The predicted octanol–water partition coefficient (Wildman–Crippen LogP) is 3.54. The zero-order valence-electron chi connectivity index (χ0n) is 10.3. The van der Waals surface area contributed by atoms with Crippen LogP contribution in [0.4, 0.5) is 0 Å². The van der Waals surface area contributed by atoms with E-state index in [1.165, 1.54) is 7.11 Å². The van der Waals surface area contributed by atoms with Crippen molar-refractivity contribution in [2.75, 3.05) is 7.11 Å². The summed E-state index contributed by atoms with van der Waals surface area (Å²) in [6.07, 6.45) is 0. The molecule has 0 saturated carbocycles. The molecule has 0 aliphatic carbocycles. The highest BCUT2D eigenvalue weighted by Crippen LogP contribution is 2.33. The van der Waals surface area contributed by atoms with Crippen LogP contribution in [0.15, 0.2) is 17.7 Å². The van der Waals surface area contributed by atoms with E-state index in [9.17, 15) is 9.90 Å². The van der Waals surface area contributed by atoms with Gasteiger partial charge in [-0.1, -0.05) is 17.2 Å². The molecule has 0 saturated heterocycles. The molecule has 0 aromatic heterocycles. The Morgan fingerprint density at radius 1 is 1.35 bits per heavy atom. The number of allylic oxidation sites excluding steroid dienone is 1. The topological polar surface area (TPSA) is 46.5 Å². The summed E-state index contributed by atoms with van der Waals surface area (Å²) in [7, 11) is 1.51. The van der Waals surface area contributed by atoms with Gasteiger partial charge in [0.05, 0.1) is 12.7 Å². The molecule has 4 heteroatoms. The standard InChI is InChI=1S/C13H15ClO3/c1-7(2)12(13(15)16)9-6-10(14)8(3)5-11(9)17-4/h5-6H,1-4H3,(H,15,16). The van der Waals surface area contributed by atoms with Gasteiger partial charge in [-0.3, -0.25) is 0 Å². The third-order valence-corrected chi connectivity index (χ3v) is 2.87. The number of rotatable bonds is 3. The monoisotopic (exact) mass is 254 g/mol. The molecule has 0 radical (unpaired) electrons. The van der Waals surface area contributed by atoms with E-state index in [1.807, 2.05) is 6.92 Å². The summed E-state index contributed by atoms with van der Waals surface area (Å²) in [6, 6.07) is 3.37. The highest BCUT2D eigenvalue weighted by molar-refractivity contribution is 6.32. The van der Waals surface area contributed by atoms with Crippen LogP contribution >= 0.6 is 11.6 Å². The van der Waals surface area contributed by atoms with Crippen LogP contribution in [0.1, 0.15) is 25.0 Å². The zero-order chi connectivity index (χ0) is 13.2. The van der Waals surface area contributed by atoms with Gasteiger partial charge >= 0.3 is 5.97 Å². The molecule has 1 rings (SSSR count). The van der Waals surface area contributed by atoms with Gasteiger partial charge in [-0.25, -0.2) is 4.79 Å². The first kappa shape index (κ1) is 13.6. The van der Waals surface area contributed by atoms with Gasteiger partial charge < -0.3 is 9.84 Å². The van der Waals surface area contributed by atoms with Gasteiger partial charge in [0.15, 0.2) is 0 Å². The molecule has 17 heavy (non-hydrogen) atoms. The van der Waals surface area contributed by atoms with E-state index in [4.69, 9.17) is 16.3 Å². The van der Waals surface area contributed by atoms with E-state index in [0.717, 1.165) is 5.56 Å². The van der Waals surface area contributed by atoms with Crippen molar-refractivity contribution in [2.45, 2.75) is 20.8 Å². The lowest BCUT2D eigenvalue weighted by Gasteiger charge is -2.12. The first-order valence-electron chi connectivity index (χ1n) is 5.13. The second-order valence-electron chi connectivity index (χ2n) is 3.98. The molecule has 0 heterocycles. The van der Waals surface area contributed by atoms with Crippen molar-refractivity contribution in [2.24, 2.45) is 0 Å². The maximum Gasteiger partial charge on any atom is 0.336 e. The Bertz CT molecular complexity index is 486. The Hall–Kier alpha value is -1.48. The number of carboxylic acids is 1. The quantitative estimate of drug-likeness (QED) is 0.840. The molecule has 0 atom stereocenters. The van der Waals surface area contributed by atoms with Gasteiger partial charge in [0.25, 0.3) is 0 Å². The number of halogens is 1. The molecule has 1 aromatic carbocycles. The van der Waals surface area contributed by atoms with Crippen molar-refractivity contribution in [1.82, 2.24) is 0 Å². The fourth-order valence-electron chi connectivity index (χ4n) is 1.62. The van der Waals surface area contributed by atoms with Crippen molar-refractivity contribution in [3.8, 4) is 5.75 Å². The third-order valence-electron chi connectivity index (χ3n) is 2.46. The number of carboxylic acid groups (broad SMARTS) is 1. The maximum absolute atomic E-state index is 11.2. The molecule has 0 bridgehead atoms. The summed E-state index contributed by atoms with van der Waals surface area (Å²) in [5.74, 6) is -0.464. The number of aliphatic carboxylic acids is 1. The Morgan fingerprint density at radius 3 is 2.35 bits per heavy atom. The number of methoxy groups -OCH3 is 1. The Morgan fingerprint density at radius 2 is 1.94 bits per heavy atom. The minimum Gasteiger partial charge on any atom is -0.496 e. The molecule has 1 aromatic rings. The van der Waals surface area contributed by atoms with Gasteiger partial charge in [0.2, 0.25) is 0 Å². The third kappa shape index (κ3) is 2.80. The van der Waals surface area contributed by atoms with Gasteiger partial charge in [0, 0.05) is 10.6 Å². The van der Waals surface area contributed by atoms with Crippen molar-refractivity contribution >= 4 is 23.1 Å². The minimum atomic E-state index is -0.983. The summed E-state index contributed by atoms with van der Waals surface area (Å²) in [4.78, 5) is 11.2. The fraction of sp³-hybridized carbons (Fsp3) is 0.308. The summed E-state index contributed by atoms with van der Waals surface area (Å²) >= 11 is 6.03. The van der Waals surface area contributed by atoms with Crippen LogP contribution in [0.3, 0.4) is 0 Å². The number of hydrogen-bond acceptors (Lipinski definition) is 2. The SMILES string of the molecule is COc1cc(C)c(Cl)cc1C(C(=O)O)=C(C)C. The Balaban J connectivity index is 3.54. The van der Waals surface area contributed by atoms with E-state index in [2.05, 4.69) is 0 Å².